The zero-order chi connectivity index (χ0) is 11.3. The summed E-state index contributed by atoms with van der Waals surface area (Å²) in [6.07, 6.45) is 2.06. The summed E-state index contributed by atoms with van der Waals surface area (Å²) < 4.78 is 0. The first-order valence-corrected chi connectivity index (χ1v) is 4.88. The standard InChI is InChI=1S/C10H15N3O2/c1-7(2)12-9-5-6-11-8(13-9)3-4-10(14)15/h5-7H,3-4H2,1-2H3,(H,14,15)(H,11,12,13). The van der Waals surface area contributed by atoms with Crippen molar-refractivity contribution in [2.45, 2.75) is 32.7 Å². The van der Waals surface area contributed by atoms with E-state index in [1.807, 2.05) is 13.8 Å². The van der Waals surface area contributed by atoms with Gasteiger partial charge in [-0.3, -0.25) is 4.79 Å². The van der Waals surface area contributed by atoms with Gasteiger partial charge in [0.15, 0.2) is 0 Å². The maximum absolute atomic E-state index is 10.4. The lowest BCUT2D eigenvalue weighted by molar-refractivity contribution is -0.137. The minimum absolute atomic E-state index is 0.0606. The van der Waals surface area contributed by atoms with E-state index < -0.39 is 5.97 Å². The van der Waals surface area contributed by atoms with Crippen molar-refractivity contribution < 1.29 is 9.90 Å². The van der Waals surface area contributed by atoms with E-state index in [9.17, 15) is 4.79 Å². The topological polar surface area (TPSA) is 75.1 Å². The Bertz CT molecular complexity index is 339. The molecule has 0 spiro atoms. The second-order valence-corrected chi connectivity index (χ2v) is 3.55. The molecule has 0 aromatic carbocycles. The Kier molecular flexibility index (Phi) is 4.03. The van der Waals surface area contributed by atoms with E-state index >= 15 is 0 Å². The summed E-state index contributed by atoms with van der Waals surface area (Å²) in [6.45, 7) is 4.03. The summed E-state index contributed by atoms with van der Waals surface area (Å²) in [7, 11) is 0. The number of carboxylic acids is 1. The van der Waals surface area contributed by atoms with E-state index in [2.05, 4.69) is 15.3 Å². The zero-order valence-electron chi connectivity index (χ0n) is 8.90. The first-order chi connectivity index (χ1) is 7.08. The number of aromatic nitrogens is 2. The lowest BCUT2D eigenvalue weighted by Gasteiger charge is -2.09. The van der Waals surface area contributed by atoms with Gasteiger partial charge in [-0.1, -0.05) is 0 Å². The van der Waals surface area contributed by atoms with Gasteiger partial charge in [0, 0.05) is 18.7 Å². The van der Waals surface area contributed by atoms with Crippen LogP contribution in [-0.2, 0) is 11.2 Å². The van der Waals surface area contributed by atoms with E-state index in [4.69, 9.17) is 5.11 Å². The van der Waals surface area contributed by atoms with Crippen molar-refractivity contribution in [3.8, 4) is 0 Å². The van der Waals surface area contributed by atoms with Crippen LogP contribution in [0.1, 0.15) is 26.1 Å². The number of nitrogens with zero attached hydrogens (tertiary/aromatic N) is 2. The van der Waals surface area contributed by atoms with Crippen molar-refractivity contribution in [2.75, 3.05) is 5.32 Å². The Morgan fingerprint density at radius 2 is 2.33 bits per heavy atom. The molecule has 0 aliphatic rings. The molecule has 2 N–H and O–H groups in total. The second-order valence-electron chi connectivity index (χ2n) is 3.55. The molecule has 1 rings (SSSR count). The van der Waals surface area contributed by atoms with E-state index in [0.29, 0.717) is 18.3 Å². The molecule has 0 aliphatic carbocycles. The smallest absolute Gasteiger partial charge is 0.303 e. The third-order valence-corrected chi connectivity index (χ3v) is 1.70. The first kappa shape index (κ1) is 11.4. The first-order valence-electron chi connectivity index (χ1n) is 4.88. The van der Waals surface area contributed by atoms with Gasteiger partial charge in [0.2, 0.25) is 0 Å². The number of rotatable bonds is 5. The van der Waals surface area contributed by atoms with Crippen LogP contribution in [0.4, 0.5) is 5.82 Å². The van der Waals surface area contributed by atoms with Crippen molar-refractivity contribution in [3.63, 3.8) is 0 Å². The van der Waals surface area contributed by atoms with Crippen molar-refractivity contribution in [3.05, 3.63) is 18.1 Å². The molecule has 0 fully saturated rings. The number of aliphatic carboxylic acids is 1. The molecule has 15 heavy (non-hydrogen) atoms. The van der Waals surface area contributed by atoms with Gasteiger partial charge in [-0.15, -0.1) is 0 Å². The number of carboxylic acid groups (broad SMARTS) is 1. The van der Waals surface area contributed by atoms with Crippen molar-refractivity contribution in [1.82, 2.24) is 9.97 Å². The molecule has 0 saturated heterocycles. The van der Waals surface area contributed by atoms with E-state index in [-0.39, 0.29) is 6.42 Å². The molecule has 82 valence electrons. The second kappa shape index (κ2) is 5.29. The third-order valence-electron chi connectivity index (χ3n) is 1.70. The molecule has 0 saturated carbocycles. The predicted octanol–water partition coefficient (Wildman–Crippen LogP) is 1.31. The van der Waals surface area contributed by atoms with Crippen LogP contribution in [0.5, 0.6) is 0 Å². The highest BCUT2D eigenvalue weighted by atomic mass is 16.4. The SMILES string of the molecule is CC(C)Nc1ccnc(CCC(=O)O)n1. The van der Waals surface area contributed by atoms with Crippen molar-refractivity contribution >= 4 is 11.8 Å². The van der Waals surface area contributed by atoms with Crippen molar-refractivity contribution in [2.24, 2.45) is 0 Å². The summed E-state index contributed by atoms with van der Waals surface area (Å²) in [5, 5.41) is 11.7. The minimum Gasteiger partial charge on any atom is -0.481 e. The van der Waals surface area contributed by atoms with E-state index in [1.54, 1.807) is 12.3 Å². The van der Waals surface area contributed by atoms with Gasteiger partial charge >= 0.3 is 5.97 Å². The predicted molar refractivity (Wildman–Crippen MR) is 56.7 cm³/mol. The highest BCUT2D eigenvalue weighted by Gasteiger charge is 2.03. The Hall–Kier alpha value is -1.65. The van der Waals surface area contributed by atoms with Crippen LogP contribution in [0.25, 0.3) is 0 Å². The van der Waals surface area contributed by atoms with Gasteiger partial charge in [0.25, 0.3) is 0 Å². The molecule has 1 aromatic rings. The van der Waals surface area contributed by atoms with E-state index in [1.165, 1.54) is 0 Å². The number of hydrogen-bond acceptors (Lipinski definition) is 4. The summed E-state index contributed by atoms with van der Waals surface area (Å²) in [5.74, 6) is 0.462. The fourth-order valence-electron chi connectivity index (χ4n) is 1.11. The Balaban J connectivity index is 2.61. The summed E-state index contributed by atoms with van der Waals surface area (Å²) in [4.78, 5) is 18.6. The minimum atomic E-state index is -0.833. The summed E-state index contributed by atoms with van der Waals surface area (Å²) in [6, 6.07) is 2.07. The molecule has 0 amide bonds. The molecule has 0 unspecified atom stereocenters. The normalized spacial score (nSPS) is 10.3. The van der Waals surface area contributed by atoms with Crippen LogP contribution in [0.15, 0.2) is 12.3 Å². The average molecular weight is 209 g/mol. The summed E-state index contributed by atoms with van der Waals surface area (Å²) >= 11 is 0. The molecule has 0 atom stereocenters. The Labute approximate surface area is 88.6 Å². The lowest BCUT2D eigenvalue weighted by atomic mass is 10.3. The quantitative estimate of drug-likeness (QED) is 0.764. The zero-order valence-corrected chi connectivity index (χ0v) is 8.90. The fourth-order valence-corrected chi connectivity index (χ4v) is 1.11. The van der Waals surface area contributed by atoms with Crippen LogP contribution in [0.2, 0.25) is 0 Å². The Morgan fingerprint density at radius 1 is 1.60 bits per heavy atom. The molecule has 1 heterocycles. The van der Waals surface area contributed by atoms with Gasteiger partial charge in [-0.2, -0.15) is 0 Å². The van der Waals surface area contributed by atoms with Crippen molar-refractivity contribution in [1.29, 1.82) is 0 Å². The average Bonchev–Trinajstić information content (AvgIpc) is 2.14. The van der Waals surface area contributed by atoms with E-state index in [0.717, 1.165) is 5.82 Å². The largest absolute Gasteiger partial charge is 0.481 e. The van der Waals surface area contributed by atoms with Gasteiger partial charge in [0.05, 0.1) is 6.42 Å². The molecular formula is C10H15N3O2. The maximum Gasteiger partial charge on any atom is 0.303 e. The third kappa shape index (κ3) is 4.39. The number of aryl methyl sites for hydroxylation is 1. The number of hydrogen-bond donors (Lipinski definition) is 2. The van der Waals surface area contributed by atoms with Crippen LogP contribution in [0.3, 0.4) is 0 Å². The molecule has 0 aliphatic heterocycles. The number of anilines is 1. The maximum atomic E-state index is 10.4. The molecular weight excluding hydrogens is 194 g/mol. The van der Waals surface area contributed by atoms with Gasteiger partial charge in [-0.25, -0.2) is 9.97 Å². The number of nitrogens with one attached hydrogen (secondary N) is 1. The number of carbonyl (C=O) groups is 1. The van der Waals surface area contributed by atoms with Crippen LogP contribution in [0, 0.1) is 0 Å². The molecule has 5 heteroatoms. The molecule has 5 nitrogen and oxygen atoms in total. The van der Waals surface area contributed by atoms with Crippen LogP contribution < -0.4 is 5.32 Å². The molecule has 0 radical (unpaired) electrons. The van der Waals surface area contributed by atoms with Crippen LogP contribution >= 0.6 is 0 Å². The molecule has 0 bridgehead atoms. The highest BCUT2D eigenvalue weighted by Crippen LogP contribution is 2.05. The highest BCUT2D eigenvalue weighted by molar-refractivity contribution is 5.66. The summed E-state index contributed by atoms with van der Waals surface area (Å²) in [5.41, 5.74) is 0. The monoisotopic (exact) mass is 209 g/mol. The lowest BCUT2D eigenvalue weighted by Crippen LogP contribution is -2.12. The molecule has 1 aromatic heterocycles. The van der Waals surface area contributed by atoms with Gasteiger partial charge in [-0.05, 0) is 19.9 Å². The Morgan fingerprint density at radius 3 is 2.93 bits per heavy atom. The van der Waals surface area contributed by atoms with Crippen LogP contribution in [-0.4, -0.2) is 27.1 Å². The van der Waals surface area contributed by atoms with Gasteiger partial charge in [0.1, 0.15) is 11.6 Å². The fraction of sp³-hybridized carbons (Fsp3) is 0.500. The van der Waals surface area contributed by atoms with Gasteiger partial charge < -0.3 is 10.4 Å².